The highest BCUT2D eigenvalue weighted by atomic mass is 35.5. The Hall–Kier alpha value is -1.82. The Labute approximate surface area is 110 Å². The highest BCUT2D eigenvalue weighted by Crippen LogP contribution is 2.17. The van der Waals surface area contributed by atoms with Crippen LogP contribution in [0.3, 0.4) is 0 Å². The number of hydrogen-bond acceptors (Lipinski definition) is 4. The molecule has 1 aromatic rings. The first-order valence-electron chi connectivity index (χ1n) is 5.20. The first-order chi connectivity index (χ1) is 8.32. The van der Waals surface area contributed by atoms with Gasteiger partial charge in [-0.1, -0.05) is 11.6 Å². The summed E-state index contributed by atoms with van der Waals surface area (Å²) in [6.07, 6.45) is 0. The van der Waals surface area contributed by atoms with Crippen LogP contribution in [0.1, 0.15) is 17.3 Å². The van der Waals surface area contributed by atoms with Crippen LogP contribution in [0.15, 0.2) is 12.1 Å². The number of halogens is 1. The van der Waals surface area contributed by atoms with Crippen molar-refractivity contribution in [1.29, 1.82) is 0 Å². The first kappa shape index (κ1) is 14.2. The minimum atomic E-state index is -1.13. The second-order valence-corrected chi connectivity index (χ2v) is 4.32. The van der Waals surface area contributed by atoms with Gasteiger partial charge in [-0.2, -0.15) is 0 Å². The molecule has 7 heteroatoms. The van der Waals surface area contributed by atoms with Crippen LogP contribution in [0.2, 0.25) is 5.15 Å². The second kappa shape index (κ2) is 5.68. The summed E-state index contributed by atoms with van der Waals surface area (Å²) in [7, 11) is 3.23. The molecular formula is C11H14ClN3O3. The molecule has 1 aromatic heterocycles. The average molecular weight is 272 g/mol. The number of hydrogen-bond donors (Lipinski definition) is 2. The van der Waals surface area contributed by atoms with Gasteiger partial charge in [0.25, 0.3) is 0 Å². The summed E-state index contributed by atoms with van der Waals surface area (Å²) < 4.78 is 0. The van der Waals surface area contributed by atoms with E-state index in [4.69, 9.17) is 16.7 Å². The maximum atomic E-state index is 11.7. The van der Waals surface area contributed by atoms with Crippen LogP contribution in [0.25, 0.3) is 0 Å². The van der Waals surface area contributed by atoms with Crippen LogP contribution in [-0.2, 0) is 4.79 Å². The number of nitrogens with zero attached hydrogens (tertiary/aromatic N) is 2. The van der Waals surface area contributed by atoms with Gasteiger partial charge in [0.1, 0.15) is 22.6 Å². The van der Waals surface area contributed by atoms with E-state index in [1.165, 1.54) is 17.0 Å². The Balaban J connectivity index is 2.99. The zero-order chi connectivity index (χ0) is 13.9. The quantitative estimate of drug-likeness (QED) is 0.807. The number of anilines is 1. The highest BCUT2D eigenvalue weighted by Gasteiger charge is 2.19. The molecule has 98 valence electrons. The fraction of sp³-hybridized carbons (Fsp3) is 0.364. The number of carbonyl (C=O) groups is 2. The zero-order valence-corrected chi connectivity index (χ0v) is 11.0. The monoisotopic (exact) mass is 271 g/mol. The standard InChI is InChI=1S/C11H14ClN3O3/c1-6(10(16)15(2)3)13-9-7(11(17)18)4-5-8(12)14-9/h4-6H,1-3H3,(H,13,14)(H,17,18). The van der Waals surface area contributed by atoms with Crippen molar-refractivity contribution < 1.29 is 14.7 Å². The number of rotatable bonds is 4. The van der Waals surface area contributed by atoms with E-state index in [-0.39, 0.29) is 22.4 Å². The molecule has 18 heavy (non-hydrogen) atoms. The van der Waals surface area contributed by atoms with E-state index >= 15 is 0 Å². The molecule has 6 nitrogen and oxygen atoms in total. The molecule has 0 aromatic carbocycles. The van der Waals surface area contributed by atoms with Crippen molar-refractivity contribution in [3.8, 4) is 0 Å². The van der Waals surface area contributed by atoms with Crippen molar-refractivity contribution in [3.05, 3.63) is 22.8 Å². The third kappa shape index (κ3) is 3.33. The lowest BCUT2D eigenvalue weighted by Crippen LogP contribution is -2.37. The van der Waals surface area contributed by atoms with Crippen LogP contribution in [0, 0.1) is 0 Å². The molecule has 0 spiro atoms. The summed E-state index contributed by atoms with van der Waals surface area (Å²) in [6.45, 7) is 1.62. The summed E-state index contributed by atoms with van der Waals surface area (Å²) in [5.74, 6) is -1.24. The fourth-order valence-corrected chi connectivity index (χ4v) is 1.52. The predicted octanol–water partition coefficient (Wildman–Crippen LogP) is 1.32. The fourth-order valence-electron chi connectivity index (χ4n) is 1.37. The van der Waals surface area contributed by atoms with E-state index in [0.29, 0.717) is 0 Å². The third-order valence-corrected chi connectivity index (χ3v) is 2.47. The van der Waals surface area contributed by atoms with Gasteiger partial charge in [0.15, 0.2) is 0 Å². The Kier molecular flexibility index (Phi) is 4.49. The molecule has 0 aliphatic carbocycles. The molecule has 2 N–H and O–H groups in total. The van der Waals surface area contributed by atoms with Gasteiger partial charge in [0.2, 0.25) is 5.91 Å². The minimum Gasteiger partial charge on any atom is -0.478 e. The van der Waals surface area contributed by atoms with E-state index < -0.39 is 12.0 Å². The number of aromatic nitrogens is 1. The summed E-state index contributed by atoms with van der Waals surface area (Å²) >= 11 is 5.71. The summed E-state index contributed by atoms with van der Waals surface area (Å²) in [6, 6.07) is 2.13. The Morgan fingerprint density at radius 3 is 2.56 bits per heavy atom. The number of aromatic carboxylic acids is 1. The van der Waals surface area contributed by atoms with Crippen LogP contribution in [0.5, 0.6) is 0 Å². The molecule has 0 bridgehead atoms. The molecule has 1 rings (SSSR count). The normalized spacial score (nSPS) is 11.8. The molecule has 0 fully saturated rings. The molecule has 0 aliphatic heterocycles. The smallest absolute Gasteiger partial charge is 0.339 e. The van der Waals surface area contributed by atoms with Gasteiger partial charge >= 0.3 is 5.97 Å². The Morgan fingerprint density at radius 1 is 1.44 bits per heavy atom. The number of carboxylic acid groups (broad SMARTS) is 1. The van der Waals surface area contributed by atoms with Crippen molar-refractivity contribution >= 4 is 29.3 Å². The molecule has 1 heterocycles. The van der Waals surface area contributed by atoms with E-state index in [1.807, 2.05) is 0 Å². The number of amides is 1. The molecule has 0 radical (unpaired) electrons. The van der Waals surface area contributed by atoms with Gasteiger partial charge in [-0.25, -0.2) is 9.78 Å². The maximum absolute atomic E-state index is 11.7. The summed E-state index contributed by atoms with van der Waals surface area (Å²) in [5.41, 5.74) is -0.0298. The highest BCUT2D eigenvalue weighted by molar-refractivity contribution is 6.29. The molecule has 1 atom stereocenters. The zero-order valence-electron chi connectivity index (χ0n) is 10.3. The summed E-state index contributed by atoms with van der Waals surface area (Å²) in [4.78, 5) is 28.0. The van der Waals surface area contributed by atoms with Crippen LogP contribution < -0.4 is 5.32 Å². The van der Waals surface area contributed by atoms with Gasteiger partial charge in [0, 0.05) is 14.1 Å². The van der Waals surface area contributed by atoms with Crippen molar-refractivity contribution in [2.24, 2.45) is 0 Å². The second-order valence-electron chi connectivity index (χ2n) is 3.93. The molecule has 0 saturated heterocycles. The van der Waals surface area contributed by atoms with Gasteiger partial charge in [-0.15, -0.1) is 0 Å². The summed E-state index contributed by atoms with van der Waals surface area (Å²) in [5, 5.41) is 11.9. The van der Waals surface area contributed by atoms with Crippen molar-refractivity contribution in [1.82, 2.24) is 9.88 Å². The topological polar surface area (TPSA) is 82.5 Å². The largest absolute Gasteiger partial charge is 0.478 e. The van der Waals surface area contributed by atoms with E-state index in [2.05, 4.69) is 10.3 Å². The lowest BCUT2D eigenvalue weighted by molar-refractivity contribution is -0.129. The van der Waals surface area contributed by atoms with Gasteiger partial charge < -0.3 is 15.3 Å². The SMILES string of the molecule is CC(Nc1nc(Cl)ccc1C(=O)O)C(=O)N(C)C. The number of pyridine rings is 1. The predicted molar refractivity (Wildman–Crippen MR) is 68.0 cm³/mol. The van der Waals surface area contributed by atoms with Crippen LogP contribution >= 0.6 is 11.6 Å². The van der Waals surface area contributed by atoms with E-state index in [9.17, 15) is 9.59 Å². The molecule has 1 amide bonds. The van der Waals surface area contributed by atoms with Crippen molar-refractivity contribution in [2.75, 3.05) is 19.4 Å². The number of nitrogens with one attached hydrogen (secondary N) is 1. The van der Waals surface area contributed by atoms with Crippen LogP contribution in [0.4, 0.5) is 5.82 Å². The number of likely N-dealkylation sites (N-methyl/N-ethyl adjacent to an activating group) is 1. The Morgan fingerprint density at radius 2 is 2.06 bits per heavy atom. The van der Waals surface area contributed by atoms with E-state index in [0.717, 1.165) is 0 Å². The molecule has 0 saturated carbocycles. The minimum absolute atomic E-state index is 0.0298. The lowest BCUT2D eigenvalue weighted by atomic mass is 10.2. The average Bonchev–Trinajstić information content (AvgIpc) is 2.27. The maximum Gasteiger partial charge on any atom is 0.339 e. The molecular weight excluding hydrogens is 258 g/mol. The van der Waals surface area contributed by atoms with Gasteiger partial charge in [-0.3, -0.25) is 4.79 Å². The van der Waals surface area contributed by atoms with E-state index in [1.54, 1.807) is 21.0 Å². The van der Waals surface area contributed by atoms with Crippen molar-refractivity contribution in [3.63, 3.8) is 0 Å². The molecule has 1 unspecified atom stereocenters. The number of carbonyl (C=O) groups excluding carboxylic acids is 1. The molecule has 0 aliphatic rings. The van der Waals surface area contributed by atoms with Crippen LogP contribution in [-0.4, -0.2) is 47.0 Å². The van der Waals surface area contributed by atoms with Gasteiger partial charge in [-0.05, 0) is 19.1 Å². The van der Waals surface area contributed by atoms with Crippen molar-refractivity contribution in [2.45, 2.75) is 13.0 Å². The third-order valence-electron chi connectivity index (χ3n) is 2.26. The lowest BCUT2D eigenvalue weighted by Gasteiger charge is -2.19. The number of carboxylic acids is 1. The first-order valence-corrected chi connectivity index (χ1v) is 5.58. The Bertz CT molecular complexity index is 477. The van der Waals surface area contributed by atoms with Gasteiger partial charge in [0.05, 0.1) is 0 Å².